The molecule has 1 aromatic heterocycles. The van der Waals surface area contributed by atoms with Crippen molar-refractivity contribution in [1.29, 1.82) is 0 Å². The number of para-hydroxylation sites is 1. The Morgan fingerprint density at radius 3 is 2.90 bits per heavy atom. The Hall–Kier alpha value is -1.52. The molecule has 3 rings (SSSR count). The largest absolute Gasteiger partial charge is 0.463 e. The number of halogens is 1. The quantitative estimate of drug-likeness (QED) is 0.927. The van der Waals surface area contributed by atoms with Gasteiger partial charge in [-0.3, -0.25) is 4.79 Å². The summed E-state index contributed by atoms with van der Waals surface area (Å²) in [7, 11) is 0. The Balaban J connectivity index is 0.00000161. The van der Waals surface area contributed by atoms with Crippen LogP contribution in [0.4, 0.5) is 0 Å². The first-order valence-corrected chi connectivity index (χ1v) is 7.21. The first-order chi connectivity index (χ1) is 9.68. The van der Waals surface area contributed by atoms with Crippen LogP contribution >= 0.6 is 12.4 Å². The molecule has 0 aliphatic carbocycles. The molecular formula is C16H21ClN2O2. The minimum atomic E-state index is -0.00239. The van der Waals surface area contributed by atoms with Crippen molar-refractivity contribution in [3.8, 4) is 0 Å². The van der Waals surface area contributed by atoms with Crippen LogP contribution in [0.15, 0.2) is 34.9 Å². The van der Waals surface area contributed by atoms with Gasteiger partial charge in [0.2, 0.25) is 0 Å². The number of furan rings is 1. The summed E-state index contributed by atoms with van der Waals surface area (Å²) < 4.78 is 5.48. The van der Waals surface area contributed by atoms with Crippen molar-refractivity contribution < 1.29 is 9.21 Å². The molecule has 2 unspecified atom stereocenters. The van der Waals surface area contributed by atoms with E-state index >= 15 is 0 Å². The number of hydrogen-bond donors (Lipinski definition) is 1. The predicted octanol–water partition coefficient (Wildman–Crippen LogP) is 3.20. The molecule has 0 spiro atoms. The number of carbonyl (C=O) groups excluding carboxylic acids is 1. The summed E-state index contributed by atoms with van der Waals surface area (Å²) in [4.78, 5) is 14.7. The van der Waals surface area contributed by atoms with E-state index in [2.05, 4.69) is 0 Å². The second-order valence-corrected chi connectivity index (χ2v) is 5.57. The molecule has 2 N–H and O–H groups in total. The van der Waals surface area contributed by atoms with Crippen molar-refractivity contribution in [2.24, 2.45) is 5.73 Å². The smallest absolute Gasteiger partial charge is 0.258 e. The van der Waals surface area contributed by atoms with Crippen LogP contribution in [0.25, 0.3) is 11.0 Å². The van der Waals surface area contributed by atoms with E-state index in [1.807, 2.05) is 36.1 Å². The van der Waals surface area contributed by atoms with Gasteiger partial charge >= 0.3 is 0 Å². The molecule has 1 amide bonds. The molecule has 1 aliphatic rings. The summed E-state index contributed by atoms with van der Waals surface area (Å²) in [6.45, 7) is 2.76. The maximum atomic E-state index is 12.8. The van der Waals surface area contributed by atoms with Gasteiger partial charge in [-0.2, -0.15) is 0 Å². The maximum absolute atomic E-state index is 12.8. The zero-order valence-electron chi connectivity index (χ0n) is 12.1. The molecule has 0 saturated carbocycles. The van der Waals surface area contributed by atoms with Crippen molar-refractivity contribution in [1.82, 2.24) is 4.90 Å². The Morgan fingerprint density at radius 1 is 1.38 bits per heavy atom. The molecule has 2 aromatic rings. The average Bonchev–Trinajstić information content (AvgIpc) is 2.90. The second kappa shape index (κ2) is 6.50. The molecule has 21 heavy (non-hydrogen) atoms. The van der Waals surface area contributed by atoms with E-state index in [0.29, 0.717) is 5.56 Å². The number of fused-ring (bicyclic) bond motifs is 1. The first-order valence-electron chi connectivity index (χ1n) is 7.21. The minimum absolute atomic E-state index is 0. The van der Waals surface area contributed by atoms with Crippen molar-refractivity contribution >= 4 is 29.3 Å². The lowest BCUT2D eigenvalue weighted by molar-refractivity contribution is 0.0585. The molecule has 5 heteroatoms. The molecule has 4 nitrogen and oxygen atoms in total. The van der Waals surface area contributed by atoms with Gasteiger partial charge in [-0.1, -0.05) is 18.2 Å². The zero-order valence-corrected chi connectivity index (χ0v) is 12.9. The molecule has 0 radical (unpaired) electrons. The Morgan fingerprint density at radius 2 is 2.14 bits per heavy atom. The van der Waals surface area contributed by atoms with Crippen LogP contribution in [-0.2, 0) is 0 Å². The fourth-order valence-corrected chi connectivity index (χ4v) is 3.05. The van der Waals surface area contributed by atoms with Gasteiger partial charge in [0.15, 0.2) is 0 Å². The molecule has 1 aromatic carbocycles. The fourth-order valence-electron chi connectivity index (χ4n) is 3.05. The normalized spacial score (nSPS) is 20.1. The number of benzene rings is 1. The third-order valence-corrected chi connectivity index (χ3v) is 4.13. The lowest BCUT2D eigenvalue weighted by Gasteiger charge is -2.37. The van der Waals surface area contributed by atoms with Crippen LogP contribution in [0.5, 0.6) is 0 Å². The molecule has 1 aliphatic heterocycles. The van der Waals surface area contributed by atoms with Crippen LogP contribution in [0.2, 0.25) is 0 Å². The molecule has 1 fully saturated rings. The van der Waals surface area contributed by atoms with Crippen LogP contribution in [0.3, 0.4) is 0 Å². The van der Waals surface area contributed by atoms with E-state index in [0.717, 1.165) is 36.8 Å². The Kier molecular flexibility index (Phi) is 4.91. The van der Waals surface area contributed by atoms with Crippen molar-refractivity contribution in [2.45, 2.75) is 38.3 Å². The van der Waals surface area contributed by atoms with Gasteiger partial charge < -0.3 is 15.1 Å². The number of rotatable bonds is 2. The zero-order chi connectivity index (χ0) is 14.1. The summed E-state index contributed by atoms with van der Waals surface area (Å²) >= 11 is 0. The van der Waals surface area contributed by atoms with Crippen LogP contribution in [0, 0.1) is 0 Å². The summed E-state index contributed by atoms with van der Waals surface area (Å²) in [5.41, 5.74) is 7.45. The number of carbonyl (C=O) groups is 1. The maximum Gasteiger partial charge on any atom is 0.258 e. The van der Waals surface area contributed by atoms with Gasteiger partial charge in [-0.15, -0.1) is 12.4 Å². The highest BCUT2D eigenvalue weighted by Crippen LogP contribution is 2.26. The number of likely N-dealkylation sites (tertiary alicyclic amines) is 1. The third-order valence-electron chi connectivity index (χ3n) is 4.13. The summed E-state index contributed by atoms with van der Waals surface area (Å²) in [5, 5.41) is 0.881. The minimum Gasteiger partial charge on any atom is -0.463 e. The van der Waals surface area contributed by atoms with Crippen LogP contribution in [-0.4, -0.2) is 29.4 Å². The van der Waals surface area contributed by atoms with E-state index in [1.165, 1.54) is 0 Å². The number of nitrogens with zero attached hydrogens (tertiary/aromatic N) is 1. The highest BCUT2D eigenvalue weighted by Gasteiger charge is 2.31. The number of piperidine rings is 1. The van der Waals surface area contributed by atoms with E-state index in [-0.39, 0.29) is 30.4 Å². The monoisotopic (exact) mass is 308 g/mol. The number of nitrogens with two attached hydrogens (primary N) is 1. The lowest BCUT2D eigenvalue weighted by Crippen LogP contribution is -2.51. The molecular weight excluding hydrogens is 288 g/mol. The van der Waals surface area contributed by atoms with Gasteiger partial charge in [-0.25, -0.2) is 0 Å². The van der Waals surface area contributed by atoms with Crippen molar-refractivity contribution in [2.75, 3.05) is 6.54 Å². The van der Waals surface area contributed by atoms with E-state index < -0.39 is 0 Å². The molecule has 2 atom stereocenters. The van der Waals surface area contributed by atoms with Crippen LogP contribution < -0.4 is 5.73 Å². The summed E-state index contributed by atoms with van der Waals surface area (Å²) in [6, 6.07) is 7.77. The van der Waals surface area contributed by atoms with E-state index in [4.69, 9.17) is 10.2 Å². The van der Waals surface area contributed by atoms with Crippen molar-refractivity contribution in [3.63, 3.8) is 0 Å². The van der Waals surface area contributed by atoms with E-state index in [9.17, 15) is 4.79 Å². The summed E-state index contributed by atoms with van der Waals surface area (Å²) in [6.07, 6.45) is 4.74. The number of hydrogen-bond acceptors (Lipinski definition) is 3. The first kappa shape index (κ1) is 15.9. The Bertz CT molecular complexity index is 624. The predicted molar refractivity (Wildman–Crippen MR) is 85.8 cm³/mol. The molecule has 0 bridgehead atoms. The van der Waals surface area contributed by atoms with Gasteiger partial charge in [0.1, 0.15) is 11.8 Å². The number of amides is 1. The SMILES string of the molecule is CC(N)C1CCCCN1C(=O)c1coc2ccccc12.Cl. The highest BCUT2D eigenvalue weighted by atomic mass is 35.5. The van der Waals surface area contributed by atoms with Crippen LogP contribution in [0.1, 0.15) is 36.5 Å². The average molecular weight is 309 g/mol. The molecule has 2 heterocycles. The van der Waals surface area contributed by atoms with Gasteiger partial charge in [-0.05, 0) is 32.3 Å². The topological polar surface area (TPSA) is 59.5 Å². The fraction of sp³-hybridized carbons (Fsp3) is 0.438. The second-order valence-electron chi connectivity index (χ2n) is 5.57. The lowest BCUT2D eigenvalue weighted by atomic mass is 9.96. The molecule has 1 saturated heterocycles. The highest BCUT2D eigenvalue weighted by molar-refractivity contribution is 6.06. The standard InChI is InChI=1S/C16H20N2O2.ClH/c1-11(17)14-7-4-5-9-18(14)16(19)13-10-20-15-8-3-2-6-12(13)15;/h2-3,6,8,10-11,14H,4-5,7,9,17H2,1H3;1H. The Labute approximate surface area is 130 Å². The third kappa shape index (κ3) is 2.92. The summed E-state index contributed by atoms with van der Waals surface area (Å²) in [5.74, 6) is 0.0388. The van der Waals surface area contributed by atoms with Crippen molar-refractivity contribution in [3.05, 3.63) is 36.1 Å². The molecule has 114 valence electrons. The van der Waals surface area contributed by atoms with Gasteiger partial charge in [0.25, 0.3) is 5.91 Å². The van der Waals surface area contributed by atoms with Gasteiger partial charge in [0.05, 0.1) is 5.56 Å². The van der Waals surface area contributed by atoms with E-state index in [1.54, 1.807) is 6.26 Å². The van der Waals surface area contributed by atoms with Gasteiger partial charge in [0, 0.05) is 24.0 Å².